The highest BCUT2D eigenvalue weighted by Gasteiger charge is 2.27. The Kier molecular flexibility index (Phi) is 45.6. The number of hydrogen-bond acceptors (Lipinski definition) is 13. The van der Waals surface area contributed by atoms with Crippen LogP contribution in [-0.2, 0) is 51.4 Å². The molecule has 0 aromatic carbocycles. The Bertz CT molecular complexity index is 4930. The molecule has 13 heterocycles. The van der Waals surface area contributed by atoms with Crippen LogP contribution in [0.1, 0.15) is 408 Å². The van der Waals surface area contributed by atoms with Gasteiger partial charge in [-0.1, -0.05) is 312 Å². The lowest BCUT2D eigenvalue weighted by Crippen LogP contribution is -1.87. The number of thiophene rings is 13. The van der Waals surface area contributed by atoms with Crippen molar-refractivity contribution in [2.45, 2.75) is 415 Å². The highest BCUT2D eigenvalue weighted by Crippen LogP contribution is 2.55. The molecule has 0 radical (unpaired) electrons. The van der Waals surface area contributed by atoms with E-state index < -0.39 is 0 Å². The van der Waals surface area contributed by atoms with E-state index in [0.717, 1.165) is 25.7 Å². The maximum atomic E-state index is 2.69. The highest BCUT2D eigenvalue weighted by molar-refractivity contribution is 7.33. The molecule has 13 heteroatoms. The predicted molar refractivity (Wildman–Crippen MR) is 601 cm³/mol. The Labute approximate surface area is 835 Å². The lowest BCUT2D eigenvalue weighted by Gasteiger charge is -2.03. The van der Waals surface area contributed by atoms with Gasteiger partial charge in [-0.15, -0.1) is 147 Å². The molecule has 13 aromatic heterocycles. The first-order chi connectivity index (χ1) is 63.7. The number of aryl methyl sites for hydroxylation is 8. The minimum Gasteiger partial charge on any atom is -0.143 e. The van der Waals surface area contributed by atoms with Gasteiger partial charge in [-0.3, -0.25) is 0 Å². The number of rotatable bonds is 68. The summed E-state index contributed by atoms with van der Waals surface area (Å²) in [6.07, 6.45) is 73.2. The van der Waals surface area contributed by atoms with Crippen molar-refractivity contribution in [3.63, 3.8) is 0 Å². The molecule has 0 N–H and O–H groups in total. The molecule has 0 spiro atoms. The van der Waals surface area contributed by atoms with Crippen LogP contribution in [0.15, 0.2) is 120 Å². The van der Waals surface area contributed by atoms with E-state index in [-0.39, 0.29) is 0 Å². The second kappa shape index (κ2) is 57.3. The van der Waals surface area contributed by atoms with Crippen molar-refractivity contribution in [1.29, 1.82) is 0 Å². The van der Waals surface area contributed by atoms with Crippen LogP contribution in [0.2, 0.25) is 0 Å². The molecule has 0 aliphatic rings. The second-order valence-corrected chi connectivity index (χ2v) is 50.9. The van der Waals surface area contributed by atoms with Crippen molar-refractivity contribution >= 4 is 147 Å². The molecule has 0 bridgehead atoms. The van der Waals surface area contributed by atoms with Gasteiger partial charge in [0.2, 0.25) is 0 Å². The number of hydrogen-bond donors (Lipinski definition) is 0. The third-order valence-corrected chi connectivity index (χ3v) is 43.2. The third-order valence-electron chi connectivity index (χ3n) is 26.5. The maximum absolute atomic E-state index is 2.69. The molecule has 0 fully saturated rings. The van der Waals surface area contributed by atoms with Gasteiger partial charge in [0, 0.05) is 117 Å². The summed E-state index contributed by atoms with van der Waals surface area (Å²) in [7, 11) is 0. The standard InChI is InChI=1S/C116H156S13/c1-9-17-25-33-41-49-57-85-75-77-117-109(85)105-81-89(61-53-45-37-29-21-13-5)111(126-105)99-71-67-93(120-99)95-69-73-101(122-95)113-91(63-55-47-39-31-23-15-7)83-107(128-113)115-87(59-51-43-35-27-19-11-3)79-103(124-115)97-65-66-98(119-97)104-80-88(60-52-44-36-28-20-12-4)116(125-104)108-84-92(64-56-48-40-32-24-16-8)114(129-108)102-74-70-96(123-102)94-68-72-100(121-94)112-90(62-54-46-38-30-22-14-6)82-106(127-112)110-86(76-78-118-110)58-50-42-34-26-18-10-2/h65-84H,9-64H2,1-8H3. The fourth-order valence-electron chi connectivity index (χ4n) is 18.9. The zero-order chi connectivity index (χ0) is 89.4. The first kappa shape index (κ1) is 103. The SMILES string of the molecule is CCCCCCCCc1ccsc1-c1cc(CCCCCCCC)c(-c2ccc(-c3ccc(-c4sc(-c5sc(-c6ccc(-c7cc(CCCCCCCC)c(-c8cc(CCCCCCCC)c(-c9ccc(-c%10ccc(-c%11sc(-c%12sccc%12CCCCCCCC)cc%11CCCCCCCC)s%10)s9)s8)s7)s6)cc5CCCCCCCC)cc4CCCCCCCC)s3)s2)s1. The van der Waals surface area contributed by atoms with Gasteiger partial charge in [0.25, 0.3) is 0 Å². The second-order valence-electron chi connectivity index (χ2n) is 37.3. The highest BCUT2D eigenvalue weighted by atomic mass is 32.2. The summed E-state index contributed by atoms with van der Waals surface area (Å²) in [6, 6.07) is 45.7. The van der Waals surface area contributed by atoms with Gasteiger partial charge in [0.15, 0.2) is 0 Å². The quantitative estimate of drug-likeness (QED) is 0.0333. The Morgan fingerprint density at radius 1 is 0.132 bits per heavy atom. The molecule has 0 saturated carbocycles. The molecule has 13 aromatic rings. The van der Waals surface area contributed by atoms with Crippen molar-refractivity contribution in [3.05, 3.63) is 164 Å². The van der Waals surface area contributed by atoms with E-state index >= 15 is 0 Å². The summed E-state index contributed by atoms with van der Waals surface area (Å²) < 4.78 is 0. The third kappa shape index (κ3) is 30.8. The van der Waals surface area contributed by atoms with E-state index in [1.54, 1.807) is 44.5 Å². The van der Waals surface area contributed by atoms with Gasteiger partial charge in [-0.05, 0) is 267 Å². The van der Waals surface area contributed by atoms with Crippen LogP contribution in [0.3, 0.4) is 0 Å². The van der Waals surface area contributed by atoms with E-state index in [4.69, 9.17) is 0 Å². The Morgan fingerprint density at radius 3 is 0.512 bits per heavy atom. The zero-order valence-electron chi connectivity index (χ0n) is 80.5. The van der Waals surface area contributed by atoms with Crippen LogP contribution in [-0.4, -0.2) is 0 Å². The van der Waals surface area contributed by atoms with Crippen LogP contribution >= 0.6 is 147 Å². The van der Waals surface area contributed by atoms with Crippen molar-refractivity contribution < 1.29 is 0 Å². The molecular weight excluding hydrogens is 1810 g/mol. The van der Waals surface area contributed by atoms with Gasteiger partial charge in [-0.2, -0.15) is 0 Å². The smallest absolute Gasteiger partial charge is 0.0481 e. The van der Waals surface area contributed by atoms with Gasteiger partial charge >= 0.3 is 0 Å². The van der Waals surface area contributed by atoms with Crippen molar-refractivity contribution in [2.24, 2.45) is 0 Å². The fourth-order valence-corrected chi connectivity index (χ4v) is 34.6. The maximum Gasteiger partial charge on any atom is 0.0481 e. The fraction of sp³-hybridized carbons (Fsp3) is 0.552. The minimum atomic E-state index is 1.15. The van der Waals surface area contributed by atoms with E-state index in [1.165, 1.54) is 451 Å². The molecule has 0 aliphatic heterocycles. The average Bonchev–Trinajstić information content (AvgIpc) is 1.64. The molecule has 0 aliphatic carbocycles. The summed E-state index contributed by atoms with van der Waals surface area (Å²) in [5.41, 5.74) is 12.6. The van der Waals surface area contributed by atoms with Crippen molar-refractivity contribution in [1.82, 2.24) is 0 Å². The van der Waals surface area contributed by atoms with E-state index in [2.05, 4.69) is 277 Å². The van der Waals surface area contributed by atoms with Crippen LogP contribution in [0, 0.1) is 0 Å². The Balaban J connectivity index is 0.789. The number of unbranched alkanes of at least 4 members (excludes halogenated alkanes) is 40. The van der Waals surface area contributed by atoms with E-state index in [0.29, 0.717) is 0 Å². The van der Waals surface area contributed by atoms with Gasteiger partial charge in [-0.25, -0.2) is 0 Å². The summed E-state index contributed by atoms with van der Waals surface area (Å²) >= 11 is 26.8. The zero-order valence-corrected chi connectivity index (χ0v) is 91.1. The molecule has 0 amide bonds. The van der Waals surface area contributed by atoms with Gasteiger partial charge in [0.1, 0.15) is 0 Å². The van der Waals surface area contributed by atoms with Crippen LogP contribution in [0.25, 0.3) is 117 Å². The Hall–Kier alpha value is -3.90. The lowest BCUT2D eigenvalue weighted by molar-refractivity contribution is 0.608. The van der Waals surface area contributed by atoms with Crippen molar-refractivity contribution in [3.8, 4) is 117 Å². The van der Waals surface area contributed by atoms with E-state index in [9.17, 15) is 0 Å². The largest absolute Gasteiger partial charge is 0.143 e. The molecule has 0 nitrogen and oxygen atoms in total. The monoisotopic (exact) mass is 1960 g/mol. The predicted octanol–water partition coefficient (Wildman–Crippen LogP) is 45.7. The Morgan fingerprint density at radius 2 is 0.287 bits per heavy atom. The molecule has 0 unspecified atom stereocenters. The summed E-state index contributed by atoms with van der Waals surface area (Å²) in [4.78, 5) is 35.4. The van der Waals surface area contributed by atoms with Crippen LogP contribution in [0.4, 0.5) is 0 Å². The van der Waals surface area contributed by atoms with Gasteiger partial charge < -0.3 is 0 Å². The summed E-state index contributed by atoms with van der Waals surface area (Å²) in [6.45, 7) is 18.8. The topological polar surface area (TPSA) is 0 Å². The van der Waals surface area contributed by atoms with Crippen LogP contribution < -0.4 is 0 Å². The molecule has 13 rings (SSSR count). The minimum absolute atomic E-state index is 1.15. The summed E-state index contributed by atoms with van der Waals surface area (Å²) in [5, 5.41) is 4.74. The van der Waals surface area contributed by atoms with Crippen LogP contribution in [0.5, 0.6) is 0 Å². The molecule has 129 heavy (non-hydrogen) atoms. The van der Waals surface area contributed by atoms with E-state index in [1.807, 2.05) is 45.3 Å². The normalized spacial score (nSPS) is 11.9. The van der Waals surface area contributed by atoms with Gasteiger partial charge in [0.05, 0.1) is 0 Å². The first-order valence-electron chi connectivity index (χ1n) is 52.1. The molecule has 0 atom stereocenters. The van der Waals surface area contributed by atoms with Crippen molar-refractivity contribution in [2.75, 3.05) is 0 Å². The molecular formula is C116H156S13. The average molecular weight is 1970 g/mol. The molecule has 0 saturated heterocycles. The first-order valence-corrected chi connectivity index (χ1v) is 62.9. The summed E-state index contributed by atoms with van der Waals surface area (Å²) in [5.74, 6) is 0. The molecule has 698 valence electrons. The lowest BCUT2D eigenvalue weighted by atomic mass is 10.0.